The van der Waals surface area contributed by atoms with Gasteiger partial charge in [0.15, 0.2) is 0 Å². The Kier molecular flexibility index (Phi) is 2.13. The molecule has 0 fully saturated rings. The minimum Gasteiger partial charge on any atom is -0.487 e. The fourth-order valence-electron chi connectivity index (χ4n) is 1.55. The molecule has 70 valence electrons. The molecule has 1 atom stereocenters. The monoisotopic (exact) mass is 177 g/mol. The lowest BCUT2D eigenvalue weighted by molar-refractivity contribution is 0.226. The average Bonchev–Trinajstić information content (AvgIpc) is 2.17. The minimum atomic E-state index is 0.278. The van der Waals surface area contributed by atoms with E-state index in [-0.39, 0.29) is 6.10 Å². The number of fused-ring (bicyclic) bond motifs is 1. The molecule has 0 radical (unpaired) electrons. The van der Waals surface area contributed by atoms with E-state index in [9.17, 15) is 0 Å². The van der Waals surface area contributed by atoms with E-state index in [2.05, 4.69) is 37.4 Å². The lowest BCUT2D eigenvalue weighted by atomic mass is 10.1. The first-order valence-electron chi connectivity index (χ1n) is 4.83. The Bertz CT molecular complexity index is 309. The molecule has 2 nitrogen and oxygen atoms in total. The maximum atomic E-state index is 5.67. The highest BCUT2D eigenvalue weighted by Gasteiger charge is 2.14. The SMILES string of the molecule is CCc1ccc2c(c1)NCC(C)O2. The third kappa shape index (κ3) is 1.62. The Morgan fingerprint density at radius 2 is 2.38 bits per heavy atom. The highest BCUT2D eigenvalue weighted by molar-refractivity contribution is 5.59. The maximum Gasteiger partial charge on any atom is 0.142 e. The standard InChI is InChI=1S/C11H15NO/c1-3-9-4-5-11-10(6-9)12-7-8(2)13-11/h4-6,8,12H,3,7H2,1-2H3. The van der Waals surface area contributed by atoms with Crippen molar-refractivity contribution in [3.05, 3.63) is 23.8 Å². The summed E-state index contributed by atoms with van der Waals surface area (Å²) < 4.78 is 5.67. The zero-order chi connectivity index (χ0) is 9.26. The van der Waals surface area contributed by atoms with Crippen molar-refractivity contribution in [1.29, 1.82) is 0 Å². The molecular formula is C11H15NO. The summed E-state index contributed by atoms with van der Waals surface area (Å²) in [7, 11) is 0. The van der Waals surface area contributed by atoms with E-state index in [0.717, 1.165) is 24.4 Å². The molecule has 0 bridgehead atoms. The van der Waals surface area contributed by atoms with Gasteiger partial charge in [0.2, 0.25) is 0 Å². The fraction of sp³-hybridized carbons (Fsp3) is 0.455. The Morgan fingerprint density at radius 3 is 3.15 bits per heavy atom. The maximum absolute atomic E-state index is 5.67. The van der Waals surface area contributed by atoms with Crippen LogP contribution in [0.25, 0.3) is 0 Å². The molecule has 0 spiro atoms. The van der Waals surface area contributed by atoms with Crippen molar-refractivity contribution >= 4 is 5.69 Å². The van der Waals surface area contributed by atoms with Gasteiger partial charge in [-0.25, -0.2) is 0 Å². The molecule has 1 aliphatic rings. The normalized spacial score (nSPS) is 20.0. The van der Waals surface area contributed by atoms with Crippen molar-refractivity contribution in [2.24, 2.45) is 0 Å². The molecule has 1 heterocycles. The van der Waals surface area contributed by atoms with Crippen LogP contribution in [0.4, 0.5) is 5.69 Å². The van der Waals surface area contributed by atoms with Crippen LogP contribution in [0.15, 0.2) is 18.2 Å². The quantitative estimate of drug-likeness (QED) is 0.711. The summed E-state index contributed by atoms with van der Waals surface area (Å²) in [5.74, 6) is 0.982. The van der Waals surface area contributed by atoms with E-state index in [1.807, 2.05) is 0 Å². The van der Waals surface area contributed by atoms with E-state index in [1.165, 1.54) is 5.56 Å². The Balaban J connectivity index is 2.31. The Morgan fingerprint density at radius 1 is 1.54 bits per heavy atom. The summed E-state index contributed by atoms with van der Waals surface area (Å²) in [6, 6.07) is 6.34. The predicted octanol–water partition coefficient (Wildman–Crippen LogP) is 2.44. The van der Waals surface area contributed by atoms with Gasteiger partial charge in [-0.05, 0) is 31.0 Å². The van der Waals surface area contributed by atoms with Gasteiger partial charge in [0.25, 0.3) is 0 Å². The molecule has 0 amide bonds. The molecule has 1 aromatic rings. The molecule has 1 aromatic carbocycles. The smallest absolute Gasteiger partial charge is 0.142 e. The number of rotatable bonds is 1. The molecule has 2 heteroatoms. The van der Waals surface area contributed by atoms with Crippen molar-refractivity contribution in [2.75, 3.05) is 11.9 Å². The molecule has 13 heavy (non-hydrogen) atoms. The molecular weight excluding hydrogens is 162 g/mol. The number of hydrogen-bond donors (Lipinski definition) is 1. The van der Waals surface area contributed by atoms with Crippen LogP contribution in [0.2, 0.25) is 0 Å². The summed E-state index contributed by atoms with van der Waals surface area (Å²) in [6.45, 7) is 5.14. The summed E-state index contributed by atoms with van der Waals surface area (Å²) in [5.41, 5.74) is 2.49. The van der Waals surface area contributed by atoms with Crippen molar-refractivity contribution in [1.82, 2.24) is 0 Å². The van der Waals surface area contributed by atoms with Crippen LogP contribution in [-0.4, -0.2) is 12.6 Å². The first-order valence-corrected chi connectivity index (χ1v) is 4.83. The van der Waals surface area contributed by atoms with Crippen molar-refractivity contribution in [3.8, 4) is 5.75 Å². The lowest BCUT2D eigenvalue weighted by Gasteiger charge is -2.25. The molecule has 0 saturated heterocycles. The van der Waals surface area contributed by atoms with Gasteiger partial charge in [-0.3, -0.25) is 0 Å². The van der Waals surface area contributed by atoms with Crippen LogP contribution in [-0.2, 0) is 6.42 Å². The first-order chi connectivity index (χ1) is 6.29. The van der Waals surface area contributed by atoms with Gasteiger partial charge in [0.05, 0.1) is 12.2 Å². The van der Waals surface area contributed by atoms with Gasteiger partial charge >= 0.3 is 0 Å². The van der Waals surface area contributed by atoms with Gasteiger partial charge in [0.1, 0.15) is 11.9 Å². The third-order valence-corrected chi connectivity index (χ3v) is 2.36. The van der Waals surface area contributed by atoms with Gasteiger partial charge in [-0.2, -0.15) is 0 Å². The largest absolute Gasteiger partial charge is 0.487 e. The van der Waals surface area contributed by atoms with E-state index in [1.54, 1.807) is 0 Å². The highest BCUT2D eigenvalue weighted by atomic mass is 16.5. The predicted molar refractivity (Wildman–Crippen MR) is 54.4 cm³/mol. The third-order valence-electron chi connectivity index (χ3n) is 2.36. The molecule has 0 saturated carbocycles. The number of hydrogen-bond acceptors (Lipinski definition) is 2. The number of anilines is 1. The van der Waals surface area contributed by atoms with Crippen LogP contribution >= 0.6 is 0 Å². The van der Waals surface area contributed by atoms with Crippen LogP contribution in [0.1, 0.15) is 19.4 Å². The van der Waals surface area contributed by atoms with Gasteiger partial charge < -0.3 is 10.1 Å². The Labute approximate surface area is 78.9 Å². The molecule has 1 unspecified atom stereocenters. The summed E-state index contributed by atoms with van der Waals surface area (Å²) in [4.78, 5) is 0. The van der Waals surface area contributed by atoms with Crippen molar-refractivity contribution in [3.63, 3.8) is 0 Å². The topological polar surface area (TPSA) is 21.3 Å². The number of aryl methyl sites for hydroxylation is 1. The van der Waals surface area contributed by atoms with Gasteiger partial charge in [-0.15, -0.1) is 0 Å². The van der Waals surface area contributed by atoms with Crippen molar-refractivity contribution in [2.45, 2.75) is 26.4 Å². The zero-order valence-corrected chi connectivity index (χ0v) is 8.13. The highest BCUT2D eigenvalue weighted by Crippen LogP contribution is 2.29. The second kappa shape index (κ2) is 3.29. The van der Waals surface area contributed by atoms with Gasteiger partial charge in [-0.1, -0.05) is 13.0 Å². The molecule has 0 aliphatic carbocycles. The lowest BCUT2D eigenvalue weighted by Crippen LogP contribution is -2.27. The Hall–Kier alpha value is -1.18. The van der Waals surface area contributed by atoms with E-state index in [4.69, 9.17) is 4.74 Å². The average molecular weight is 177 g/mol. The summed E-state index contributed by atoms with van der Waals surface area (Å²) in [6.07, 6.45) is 1.35. The zero-order valence-electron chi connectivity index (χ0n) is 8.13. The molecule has 1 aliphatic heterocycles. The van der Waals surface area contributed by atoms with Crippen LogP contribution in [0, 0.1) is 0 Å². The second-order valence-electron chi connectivity index (χ2n) is 3.49. The number of benzene rings is 1. The molecule has 1 N–H and O–H groups in total. The summed E-state index contributed by atoms with van der Waals surface area (Å²) in [5, 5.41) is 3.36. The van der Waals surface area contributed by atoms with Crippen LogP contribution < -0.4 is 10.1 Å². The second-order valence-corrected chi connectivity index (χ2v) is 3.49. The van der Waals surface area contributed by atoms with E-state index < -0.39 is 0 Å². The molecule has 0 aromatic heterocycles. The van der Waals surface area contributed by atoms with Gasteiger partial charge in [0, 0.05) is 0 Å². The number of ether oxygens (including phenoxy) is 1. The molecule has 2 rings (SSSR count). The first kappa shape index (κ1) is 8.42. The minimum absolute atomic E-state index is 0.278. The van der Waals surface area contributed by atoms with E-state index in [0.29, 0.717) is 0 Å². The van der Waals surface area contributed by atoms with E-state index >= 15 is 0 Å². The fourth-order valence-corrected chi connectivity index (χ4v) is 1.55. The summed E-state index contributed by atoms with van der Waals surface area (Å²) >= 11 is 0. The van der Waals surface area contributed by atoms with Crippen LogP contribution in [0.3, 0.4) is 0 Å². The van der Waals surface area contributed by atoms with Crippen molar-refractivity contribution < 1.29 is 4.74 Å². The number of nitrogens with one attached hydrogen (secondary N) is 1. The van der Waals surface area contributed by atoms with Crippen LogP contribution in [0.5, 0.6) is 5.75 Å².